The number of hydrogen-bond donors (Lipinski definition) is 0. The molecule has 1 amide bonds. The van der Waals surface area contributed by atoms with Crippen molar-refractivity contribution in [2.75, 3.05) is 11.4 Å². The van der Waals surface area contributed by atoms with E-state index >= 15 is 0 Å². The summed E-state index contributed by atoms with van der Waals surface area (Å²) in [6.07, 6.45) is 2.13. The van der Waals surface area contributed by atoms with Gasteiger partial charge < -0.3 is 9.31 Å². The van der Waals surface area contributed by atoms with Crippen LogP contribution in [0.1, 0.15) is 49.2 Å². The van der Waals surface area contributed by atoms with Gasteiger partial charge in [-0.05, 0) is 70.3 Å². The van der Waals surface area contributed by atoms with E-state index in [4.69, 9.17) is 9.31 Å². The number of aromatic nitrogens is 1. The van der Waals surface area contributed by atoms with E-state index in [1.54, 1.807) is 0 Å². The fourth-order valence-electron chi connectivity index (χ4n) is 3.67. The average molecular weight is 382 g/mol. The maximum absolute atomic E-state index is 14.2. The van der Waals surface area contributed by atoms with Gasteiger partial charge in [0.2, 0.25) is 0 Å². The molecule has 1 fully saturated rings. The lowest BCUT2D eigenvalue weighted by molar-refractivity contribution is 0.00578. The molecule has 0 N–H and O–H groups in total. The van der Waals surface area contributed by atoms with Crippen molar-refractivity contribution in [3.63, 3.8) is 0 Å². The third kappa shape index (κ3) is 2.93. The molecule has 0 spiro atoms. The predicted octanol–water partition coefficient (Wildman–Crippen LogP) is 3.03. The molecule has 3 heterocycles. The quantitative estimate of drug-likeness (QED) is 0.750. The molecule has 28 heavy (non-hydrogen) atoms. The highest BCUT2D eigenvalue weighted by Gasteiger charge is 2.52. The molecule has 1 aromatic heterocycles. The van der Waals surface area contributed by atoms with E-state index in [-0.39, 0.29) is 11.7 Å². The Hall–Kier alpha value is -2.25. The summed E-state index contributed by atoms with van der Waals surface area (Å²) in [5.41, 5.74) is 2.42. The van der Waals surface area contributed by atoms with Gasteiger partial charge in [-0.2, -0.15) is 0 Å². The van der Waals surface area contributed by atoms with Gasteiger partial charge in [0.15, 0.2) is 11.6 Å². The number of anilines is 1. The number of aryl methyl sites for hydroxylation is 1. The summed E-state index contributed by atoms with van der Waals surface area (Å²) in [7, 11) is -0.551. The molecular weight excluding hydrogens is 358 g/mol. The maximum Gasteiger partial charge on any atom is 0.495 e. The van der Waals surface area contributed by atoms with Crippen molar-refractivity contribution in [2.24, 2.45) is 0 Å². The highest BCUT2D eigenvalue weighted by atomic mass is 19.1. The fraction of sp³-hybridized carbons (Fsp3) is 0.429. The standard InChI is InChI=1S/C21H24BFN2O3/c1-13-11-14-8-10-25(18-17(23)7-6-9-24-18)19(26)15(14)12-16(13)22-27-20(2,3)21(4,5)28-22/h6-7,9,11-12H,8,10H2,1-5H3. The van der Waals surface area contributed by atoms with E-state index in [0.717, 1.165) is 16.6 Å². The topological polar surface area (TPSA) is 51.7 Å². The van der Waals surface area contributed by atoms with E-state index in [1.165, 1.54) is 23.2 Å². The van der Waals surface area contributed by atoms with Crippen LogP contribution in [0.25, 0.3) is 0 Å². The zero-order valence-electron chi connectivity index (χ0n) is 16.9. The number of benzene rings is 1. The molecular formula is C21H24BFN2O3. The lowest BCUT2D eigenvalue weighted by atomic mass is 9.74. The van der Waals surface area contributed by atoms with Crippen molar-refractivity contribution in [2.45, 2.75) is 52.2 Å². The second kappa shape index (κ2) is 6.39. The summed E-state index contributed by atoms with van der Waals surface area (Å²) in [4.78, 5) is 18.6. The Morgan fingerprint density at radius 1 is 1.18 bits per heavy atom. The lowest BCUT2D eigenvalue weighted by Gasteiger charge is -2.32. The first-order chi connectivity index (χ1) is 13.1. The molecule has 0 bridgehead atoms. The first kappa shape index (κ1) is 19.1. The smallest absolute Gasteiger partial charge is 0.399 e. The third-order valence-corrected chi connectivity index (χ3v) is 6.07. The number of pyridine rings is 1. The van der Waals surface area contributed by atoms with Gasteiger partial charge >= 0.3 is 7.12 Å². The van der Waals surface area contributed by atoms with Crippen LogP contribution in [-0.4, -0.2) is 35.8 Å². The van der Waals surface area contributed by atoms with Gasteiger partial charge in [0.1, 0.15) is 0 Å². The molecule has 1 saturated heterocycles. The summed E-state index contributed by atoms with van der Waals surface area (Å²) in [5, 5.41) is 0. The fourth-order valence-corrected chi connectivity index (χ4v) is 3.67. The largest absolute Gasteiger partial charge is 0.495 e. The Bertz CT molecular complexity index is 945. The molecule has 0 atom stereocenters. The van der Waals surface area contributed by atoms with Crippen LogP contribution in [-0.2, 0) is 15.7 Å². The minimum Gasteiger partial charge on any atom is -0.399 e. The second-order valence-electron chi connectivity index (χ2n) is 8.47. The number of amides is 1. The van der Waals surface area contributed by atoms with Crippen LogP contribution in [0.15, 0.2) is 30.5 Å². The van der Waals surface area contributed by atoms with Crippen LogP contribution >= 0.6 is 0 Å². The van der Waals surface area contributed by atoms with Gasteiger partial charge in [0, 0.05) is 18.3 Å². The van der Waals surface area contributed by atoms with Gasteiger partial charge in [0.05, 0.1) is 11.2 Å². The molecule has 0 radical (unpaired) electrons. The Labute approximate surface area is 165 Å². The van der Waals surface area contributed by atoms with Gasteiger partial charge in [-0.25, -0.2) is 9.37 Å². The highest BCUT2D eigenvalue weighted by Crippen LogP contribution is 2.37. The molecule has 146 valence electrons. The Kier molecular flexibility index (Phi) is 4.36. The van der Waals surface area contributed by atoms with Crippen molar-refractivity contribution >= 4 is 24.3 Å². The monoisotopic (exact) mass is 382 g/mol. The Balaban J connectivity index is 1.72. The van der Waals surface area contributed by atoms with E-state index in [2.05, 4.69) is 4.98 Å². The number of fused-ring (bicyclic) bond motifs is 1. The summed E-state index contributed by atoms with van der Waals surface area (Å²) in [6.45, 7) is 10.4. The third-order valence-electron chi connectivity index (χ3n) is 6.07. The summed E-state index contributed by atoms with van der Waals surface area (Å²) < 4.78 is 26.5. The van der Waals surface area contributed by atoms with Crippen LogP contribution in [0.4, 0.5) is 10.2 Å². The normalized spacial score (nSPS) is 20.4. The van der Waals surface area contributed by atoms with Crippen molar-refractivity contribution in [1.82, 2.24) is 4.98 Å². The SMILES string of the molecule is Cc1cc2c(cc1B1OC(C)(C)C(C)(C)O1)C(=O)N(c1ncccc1F)CC2. The first-order valence-electron chi connectivity index (χ1n) is 9.52. The second-order valence-corrected chi connectivity index (χ2v) is 8.47. The summed E-state index contributed by atoms with van der Waals surface area (Å²) >= 11 is 0. The molecule has 2 aliphatic heterocycles. The van der Waals surface area contributed by atoms with Gasteiger partial charge in [0.25, 0.3) is 5.91 Å². The van der Waals surface area contributed by atoms with Crippen molar-refractivity contribution in [3.8, 4) is 0 Å². The van der Waals surface area contributed by atoms with Crippen molar-refractivity contribution in [3.05, 3.63) is 53.0 Å². The van der Waals surface area contributed by atoms with Crippen molar-refractivity contribution < 1.29 is 18.5 Å². The predicted molar refractivity (Wildman–Crippen MR) is 106 cm³/mol. The molecule has 2 aromatic rings. The molecule has 0 saturated carbocycles. The van der Waals surface area contributed by atoms with E-state index < -0.39 is 24.1 Å². The number of halogens is 1. The molecule has 5 nitrogen and oxygen atoms in total. The minimum atomic E-state index is -0.551. The van der Waals surface area contributed by atoms with Crippen molar-refractivity contribution in [1.29, 1.82) is 0 Å². The first-order valence-corrected chi connectivity index (χ1v) is 9.52. The highest BCUT2D eigenvalue weighted by molar-refractivity contribution is 6.62. The molecule has 4 rings (SSSR count). The Morgan fingerprint density at radius 3 is 2.50 bits per heavy atom. The van der Waals surface area contributed by atoms with Crippen LogP contribution in [0.5, 0.6) is 0 Å². The molecule has 7 heteroatoms. The van der Waals surface area contributed by atoms with Gasteiger partial charge in [-0.15, -0.1) is 0 Å². The zero-order valence-corrected chi connectivity index (χ0v) is 16.9. The van der Waals surface area contributed by atoms with Crippen LogP contribution in [0.3, 0.4) is 0 Å². The number of carbonyl (C=O) groups excluding carboxylic acids is 1. The van der Waals surface area contributed by atoms with Crippen LogP contribution in [0, 0.1) is 12.7 Å². The molecule has 1 aromatic carbocycles. The zero-order chi connectivity index (χ0) is 20.3. The number of carbonyl (C=O) groups is 1. The minimum absolute atomic E-state index is 0.0657. The van der Waals surface area contributed by atoms with Gasteiger partial charge in [-0.1, -0.05) is 11.6 Å². The molecule has 2 aliphatic rings. The molecule has 0 unspecified atom stereocenters. The van der Waals surface area contributed by atoms with Gasteiger partial charge in [-0.3, -0.25) is 9.69 Å². The number of hydrogen-bond acceptors (Lipinski definition) is 4. The van der Waals surface area contributed by atoms with E-state index in [1.807, 2.05) is 46.8 Å². The van der Waals surface area contributed by atoms with Crippen LogP contribution in [0.2, 0.25) is 0 Å². The van der Waals surface area contributed by atoms with E-state index in [0.29, 0.717) is 18.5 Å². The maximum atomic E-state index is 14.2. The Morgan fingerprint density at radius 2 is 1.86 bits per heavy atom. The number of rotatable bonds is 2. The summed E-state index contributed by atoms with van der Waals surface area (Å²) in [6, 6.07) is 6.68. The van der Waals surface area contributed by atoms with E-state index in [9.17, 15) is 9.18 Å². The molecule has 0 aliphatic carbocycles. The lowest BCUT2D eigenvalue weighted by Crippen LogP contribution is -2.42. The van der Waals surface area contributed by atoms with Crippen LogP contribution < -0.4 is 10.4 Å². The average Bonchev–Trinajstić information content (AvgIpc) is 2.83. The number of nitrogens with zero attached hydrogens (tertiary/aromatic N) is 2. The summed E-state index contributed by atoms with van der Waals surface area (Å²) in [5.74, 6) is -0.690.